The fourth-order valence-electron chi connectivity index (χ4n) is 0.455. The van der Waals surface area contributed by atoms with Gasteiger partial charge >= 0.3 is 6.10 Å². The molecule has 0 atom stereocenters. The predicted octanol–water partition coefficient (Wildman–Crippen LogP) is -0.378. The predicted molar refractivity (Wildman–Crippen MR) is 32.4 cm³/mol. The van der Waals surface area contributed by atoms with Gasteiger partial charge in [0.25, 0.3) is 0 Å². The highest BCUT2D eigenvalue weighted by Gasteiger charge is 2.20. The standard InChI is InChI=1S/C5H13NO3/c1-3-8-5(6,7)9-4-2/h7H,3-4,6H2,1-2H3. The molecule has 56 valence electrons. The second-order valence-corrected chi connectivity index (χ2v) is 1.50. The normalized spacial score (nSPS) is 12.0. The van der Waals surface area contributed by atoms with Crippen molar-refractivity contribution < 1.29 is 14.6 Å². The maximum absolute atomic E-state index is 8.85. The van der Waals surface area contributed by atoms with Gasteiger partial charge in [0.15, 0.2) is 0 Å². The number of hydrogen-bond donors (Lipinski definition) is 2. The van der Waals surface area contributed by atoms with Gasteiger partial charge in [0.1, 0.15) is 0 Å². The third kappa shape index (κ3) is 4.35. The summed E-state index contributed by atoms with van der Waals surface area (Å²) in [6, 6.07) is 0. The first kappa shape index (κ1) is 8.84. The van der Waals surface area contributed by atoms with Crippen LogP contribution < -0.4 is 5.73 Å². The third-order valence-corrected chi connectivity index (χ3v) is 0.702. The summed E-state index contributed by atoms with van der Waals surface area (Å²) in [7, 11) is 0. The molecule has 0 unspecified atom stereocenters. The number of hydrogen-bond acceptors (Lipinski definition) is 4. The molecule has 9 heavy (non-hydrogen) atoms. The summed E-state index contributed by atoms with van der Waals surface area (Å²) in [6.45, 7) is 4.09. The van der Waals surface area contributed by atoms with E-state index in [1.165, 1.54) is 0 Å². The molecule has 0 aromatic heterocycles. The van der Waals surface area contributed by atoms with Crippen LogP contribution in [-0.2, 0) is 9.47 Å². The molecule has 0 aromatic carbocycles. The highest BCUT2D eigenvalue weighted by atomic mass is 16.8. The van der Waals surface area contributed by atoms with Crippen molar-refractivity contribution >= 4 is 0 Å². The van der Waals surface area contributed by atoms with Gasteiger partial charge in [-0.15, -0.1) is 0 Å². The first-order valence-corrected chi connectivity index (χ1v) is 2.91. The Kier molecular flexibility index (Phi) is 3.72. The van der Waals surface area contributed by atoms with Crippen LogP contribution in [0.3, 0.4) is 0 Å². The molecule has 0 spiro atoms. The van der Waals surface area contributed by atoms with Crippen molar-refractivity contribution in [1.29, 1.82) is 0 Å². The van der Waals surface area contributed by atoms with Crippen LogP contribution in [0.25, 0.3) is 0 Å². The molecule has 0 bridgehead atoms. The molecule has 0 fully saturated rings. The van der Waals surface area contributed by atoms with E-state index in [0.717, 1.165) is 0 Å². The lowest BCUT2D eigenvalue weighted by molar-refractivity contribution is -0.354. The molecule has 0 rings (SSSR count). The number of rotatable bonds is 4. The van der Waals surface area contributed by atoms with E-state index in [-0.39, 0.29) is 0 Å². The van der Waals surface area contributed by atoms with Crippen molar-refractivity contribution in [2.45, 2.75) is 19.9 Å². The zero-order chi connectivity index (χ0) is 7.33. The fourth-order valence-corrected chi connectivity index (χ4v) is 0.455. The zero-order valence-corrected chi connectivity index (χ0v) is 5.76. The summed E-state index contributed by atoms with van der Waals surface area (Å²) in [4.78, 5) is 0. The first-order valence-electron chi connectivity index (χ1n) is 2.91. The number of ether oxygens (including phenoxy) is 2. The van der Waals surface area contributed by atoms with Crippen molar-refractivity contribution in [3.63, 3.8) is 0 Å². The van der Waals surface area contributed by atoms with E-state index in [1.807, 2.05) is 0 Å². The molecule has 0 saturated heterocycles. The lowest BCUT2D eigenvalue weighted by atomic mass is 10.8. The monoisotopic (exact) mass is 135 g/mol. The molecule has 4 nitrogen and oxygen atoms in total. The quantitative estimate of drug-likeness (QED) is 0.516. The summed E-state index contributed by atoms with van der Waals surface area (Å²) in [5.74, 6) is 0. The summed E-state index contributed by atoms with van der Waals surface area (Å²) >= 11 is 0. The van der Waals surface area contributed by atoms with Crippen molar-refractivity contribution in [3.05, 3.63) is 0 Å². The molecule has 0 heterocycles. The summed E-state index contributed by atoms with van der Waals surface area (Å²) in [5.41, 5.74) is 5.05. The Hall–Kier alpha value is -0.160. The van der Waals surface area contributed by atoms with Gasteiger partial charge < -0.3 is 14.6 Å². The highest BCUT2D eigenvalue weighted by molar-refractivity contribution is 4.36. The van der Waals surface area contributed by atoms with Crippen LogP contribution in [0, 0.1) is 0 Å². The Morgan fingerprint density at radius 2 is 1.67 bits per heavy atom. The van der Waals surface area contributed by atoms with E-state index >= 15 is 0 Å². The van der Waals surface area contributed by atoms with Crippen LogP contribution in [0.4, 0.5) is 0 Å². The third-order valence-electron chi connectivity index (χ3n) is 0.702. The SMILES string of the molecule is CCOC(N)(O)OCC. The van der Waals surface area contributed by atoms with Gasteiger partial charge in [0.05, 0.1) is 13.2 Å². The van der Waals surface area contributed by atoms with Gasteiger partial charge in [-0.25, -0.2) is 0 Å². The van der Waals surface area contributed by atoms with Gasteiger partial charge in [0, 0.05) is 0 Å². The molecular weight excluding hydrogens is 122 g/mol. The minimum atomic E-state index is -1.90. The van der Waals surface area contributed by atoms with E-state index in [1.54, 1.807) is 13.8 Å². The van der Waals surface area contributed by atoms with Gasteiger partial charge in [-0.1, -0.05) is 0 Å². The number of nitrogens with two attached hydrogens (primary N) is 1. The Morgan fingerprint density at radius 1 is 1.33 bits per heavy atom. The van der Waals surface area contributed by atoms with Crippen LogP contribution in [-0.4, -0.2) is 24.4 Å². The van der Waals surface area contributed by atoms with Crippen LogP contribution in [0.1, 0.15) is 13.8 Å². The Morgan fingerprint density at radius 3 is 1.89 bits per heavy atom. The highest BCUT2D eigenvalue weighted by Crippen LogP contribution is 1.98. The van der Waals surface area contributed by atoms with Crippen LogP contribution in [0.15, 0.2) is 0 Å². The first-order chi connectivity index (χ1) is 4.12. The topological polar surface area (TPSA) is 64.7 Å². The van der Waals surface area contributed by atoms with Crippen molar-refractivity contribution in [2.24, 2.45) is 5.73 Å². The van der Waals surface area contributed by atoms with Crippen LogP contribution in [0.5, 0.6) is 0 Å². The minimum absolute atomic E-state index is 0.326. The summed E-state index contributed by atoms with van der Waals surface area (Å²) < 4.78 is 9.16. The fraction of sp³-hybridized carbons (Fsp3) is 1.00. The van der Waals surface area contributed by atoms with E-state index < -0.39 is 6.10 Å². The van der Waals surface area contributed by atoms with E-state index in [0.29, 0.717) is 13.2 Å². The molecule has 0 aliphatic heterocycles. The Balaban J connectivity index is 3.43. The smallest absolute Gasteiger partial charge is 0.330 e. The zero-order valence-electron chi connectivity index (χ0n) is 5.76. The Labute approximate surface area is 54.6 Å². The second kappa shape index (κ2) is 3.79. The molecule has 0 aromatic rings. The molecule has 0 saturated carbocycles. The molecule has 0 radical (unpaired) electrons. The van der Waals surface area contributed by atoms with E-state index in [4.69, 9.17) is 10.8 Å². The van der Waals surface area contributed by atoms with Gasteiger partial charge in [0.2, 0.25) is 0 Å². The van der Waals surface area contributed by atoms with Gasteiger partial charge in [-0.05, 0) is 13.8 Å². The maximum Gasteiger partial charge on any atom is 0.345 e. The van der Waals surface area contributed by atoms with Crippen molar-refractivity contribution in [3.8, 4) is 0 Å². The average molecular weight is 135 g/mol. The molecule has 0 aliphatic carbocycles. The Bertz CT molecular complexity index is 66.6. The maximum atomic E-state index is 8.85. The van der Waals surface area contributed by atoms with Gasteiger partial charge in [-0.3, -0.25) is 5.73 Å². The minimum Gasteiger partial charge on any atom is -0.330 e. The van der Waals surface area contributed by atoms with Crippen LogP contribution in [0.2, 0.25) is 0 Å². The lowest BCUT2D eigenvalue weighted by Gasteiger charge is -2.20. The van der Waals surface area contributed by atoms with E-state index in [2.05, 4.69) is 9.47 Å². The molecule has 4 heteroatoms. The van der Waals surface area contributed by atoms with Crippen molar-refractivity contribution in [1.82, 2.24) is 0 Å². The average Bonchev–Trinajstić information content (AvgIpc) is 1.64. The summed E-state index contributed by atoms with van der Waals surface area (Å²) in [5, 5.41) is 8.85. The van der Waals surface area contributed by atoms with E-state index in [9.17, 15) is 0 Å². The van der Waals surface area contributed by atoms with Gasteiger partial charge in [-0.2, -0.15) is 0 Å². The van der Waals surface area contributed by atoms with Crippen molar-refractivity contribution in [2.75, 3.05) is 13.2 Å². The molecular formula is C5H13NO3. The molecule has 3 N–H and O–H groups in total. The lowest BCUT2D eigenvalue weighted by Crippen LogP contribution is -2.45. The second-order valence-electron chi connectivity index (χ2n) is 1.50. The van der Waals surface area contributed by atoms with Crippen LogP contribution >= 0.6 is 0 Å². The molecule has 0 amide bonds. The summed E-state index contributed by atoms with van der Waals surface area (Å²) in [6.07, 6.45) is -1.90. The largest absolute Gasteiger partial charge is 0.345 e. The number of aliphatic hydroxyl groups is 1. The molecule has 0 aliphatic rings.